The average molecular weight is 259 g/mol. The molecule has 0 bridgehead atoms. The maximum Gasteiger partial charge on any atom is 0.168 e. The first kappa shape index (κ1) is 14.5. The molecule has 1 aromatic carbocycles. The number of nitrogens with zero attached hydrogens (tertiary/aromatic N) is 1. The first-order valence-electron chi connectivity index (χ1n) is 5.67. The molecule has 0 spiro atoms. The monoisotopic (exact) mass is 259 g/mol. The van der Waals surface area contributed by atoms with E-state index in [4.69, 9.17) is 10.5 Å². The minimum atomic E-state index is 0.200. The Hall–Kier alpha value is -2.56. The summed E-state index contributed by atoms with van der Waals surface area (Å²) in [6.07, 6.45) is 3.80. The molecule has 0 saturated heterocycles. The Morgan fingerprint density at radius 3 is 2.89 bits per heavy atom. The minimum absolute atomic E-state index is 0.200. The lowest BCUT2D eigenvalue weighted by atomic mass is 10.3. The van der Waals surface area contributed by atoms with E-state index in [-0.39, 0.29) is 5.70 Å². The van der Waals surface area contributed by atoms with Gasteiger partial charge in [-0.3, -0.25) is 9.79 Å². The molecule has 0 fully saturated rings. The van der Waals surface area contributed by atoms with E-state index in [0.717, 1.165) is 11.4 Å². The second kappa shape index (κ2) is 7.71. The highest BCUT2D eigenvalue weighted by atomic mass is 16.5. The molecule has 0 saturated carbocycles. The van der Waals surface area contributed by atoms with Crippen molar-refractivity contribution in [1.29, 1.82) is 0 Å². The fraction of sp³-hybridized carbons (Fsp3) is 0.143. The van der Waals surface area contributed by atoms with Crippen molar-refractivity contribution in [3.63, 3.8) is 0 Å². The molecule has 0 radical (unpaired) electrons. The predicted molar refractivity (Wildman–Crippen MR) is 77.5 cm³/mol. The highest BCUT2D eigenvalue weighted by Crippen LogP contribution is 2.22. The summed E-state index contributed by atoms with van der Waals surface area (Å²) in [6.45, 7) is 3.78. The van der Waals surface area contributed by atoms with Crippen LogP contribution in [0.15, 0.2) is 52.8 Å². The number of methoxy groups -OCH3 is 1. The van der Waals surface area contributed by atoms with Gasteiger partial charge in [-0.05, 0) is 31.0 Å². The number of hydrogen-bond acceptors (Lipinski definition) is 5. The van der Waals surface area contributed by atoms with Crippen LogP contribution in [0.25, 0.3) is 0 Å². The lowest BCUT2D eigenvalue weighted by Crippen LogP contribution is -2.04. The molecule has 0 unspecified atom stereocenters. The van der Waals surface area contributed by atoms with Gasteiger partial charge in [0.1, 0.15) is 11.4 Å². The quantitative estimate of drug-likeness (QED) is 0.338. The van der Waals surface area contributed by atoms with Crippen molar-refractivity contribution in [2.45, 2.75) is 0 Å². The number of ether oxygens (including phenoxy) is 1. The number of hydrogen-bond donors (Lipinski definition) is 2. The number of nitrogens with one attached hydrogen (secondary N) is 1. The van der Waals surface area contributed by atoms with Crippen LogP contribution in [-0.2, 0) is 4.79 Å². The van der Waals surface area contributed by atoms with Crippen LogP contribution in [0, 0.1) is 0 Å². The third kappa shape index (κ3) is 4.67. The Morgan fingerprint density at radius 2 is 2.26 bits per heavy atom. The predicted octanol–water partition coefficient (Wildman–Crippen LogP) is 1.73. The van der Waals surface area contributed by atoms with Gasteiger partial charge in [0.05, 0.1) is 12.8 Å². The van der Waals surface area contributed by atoms with Crippen LogP contribution in [0.5, 0.6) is 5.75 Å². The van der Waals surface area contributed by atoms with Crippen molar-refractivity contribution >= 4 is 18.7 Å². The molecular formula is C14H17N3O2. The Balaban J connectivity index is 2.64. The van der Waals surface area contributed by atoms with Crippen molar-refractivity contribution < 1.29 is 9.53 Å². The fourth-order valence-electron chi connectivity index (χ4n) is 1.42. The van der Waals surface area contributed by atoms with E-state index in [0.29, 0.717) is 18.5 Å². The van der Waals surface area contributed by atoms with Gasteiger partial charge in [-0.2, -0.15) is 0 Å². The molecule has 100 valence electrons. The van der Waals surface area contributed by atoms with Crippen molar-refractivity contribution in [3.8, 4) is 5.75 Å². The lowest BCUT2D eigenvalue weighted by Gasteiger charge is -2.09. The summed E-state index contributed by atoms with van der Waals surface area (Å²) < 4.78 is 5.21. The van der Waals surface area contributed by atoms with Crippen LogP contribution < -0.4 is 15.8 Å². The molecule has 5 nitrogen and oxygen atoms in total. The third-order valence-corrected chi connectivity index (χ3v) is 2.36. The van der Waals surface area contributed by atoms with Gasteiger partial charge in [0.15, 0.2) is 6.29 Å². The standard InChI is InChI=1S/C14H17N3O2/c1-16-12(10-18)9-11(15)7-8-17-13-5-3-4-6-14(13)19-2/h3-7,9-10,17H,1,8,15H2,2H3/b11-7+,12-9-. The van der Waals surface area contributed by atoms with Crippen LogP contribution in [0.3, 0.4) is 0 Å². The third-order valence-electron chi connectivity index (χ3n) is 2.36. The number of nitrogens with two attached hydrogens (primary N) is 1. The van der Waals surface area contributed by atoms with Gasteiger partial charge in [-0.25, -0.2) is 0 Å². The highest BCUT2D eigenvalue weighted by molar-refractivity contribution is 5.75. The summed E-state index contributed by atoms with van der Waals surface area (Å²) in [5, 5.41) is 3.16. The molecule has 3 N–H and O–H groups in total. The summed E-state index contributed by atoms with van der Waals surface area (Å²) in [6, 6.07) is 7.56. The molecule has 5 heteroatoms. The highest BCUT2D eigenvalue weighted by Gasteiger charge is 1.98. The fourth-order valence-corrected chi connectivity index (χ4v) is 1.42. The number of carbonyl (C=O) groups is 1. The Labute approximate surface area is 112 Å². The topological polar surface area (TPSA) is 76.7 Å². The van der Waals surface area contributed by atoms with E-state index < -0.39 is 0 Å². The van der Waals surface area contributed by atoms with Crippen molar-refractivity contribution in [1.82, 2.24) is 0 Å². The maximum atomic E-state index is 10.5. The van der Waals surface area contributed by atoms with Gasteiger partial charge in [0, 0.05) is 12.2 Å². The van der Waals surface area contributed by atoms with E-state index in [1.807, 2.05) is 24.3 Å². The SMILES string of the molecule is C=N/C(C=O)=C\C(N)=C/CNc1ccccc1OC. The number of rotatable bonds is 7. The molecule has 19 heavy (non-hydrogen) atoms. The minimum Gasteiger partial charge on any atom is -0.495 e. The van der Waals surface area contributed by atoms with Crippen molar-refractivity contribution in [2.75, 3.05) is 19.0 Å². The first-order valence-corrected chi connectivity index (χ1v) is 5.67. The first-order chi connectivity index (χ1) is 9.21. The van der Waals surface area contributed by atoms with E-state index in [2.05, 4.69) is 17.0 Å². The molecule has 0 amide bonds. The van der Waals surface area contributed by atoms with Crippen LogP contribution in [0.2, 0.25) is 0 Å². The summed E-state index contributed by atoms with van der Waals surface area (Å²) >= 11 is 0. The number of aliphatic imine (C=N–C) groups is 1. The van der Waals surface area contributed by atoms with Gasteiger partial charge >= 0.3 is 0 Å². The lowest BCUT2D eigenvalue weighted by molar-refractivity contribution is -0.104. The smallest absolute Gasteiger partial charge is 0.168 e. The van der Waals surface area contributed by atoms with E-state index >= 15 is 0 Å². The van der Waals surface area contributed by atoms with E-state index in [1.54, 1.807) is 13.2 Å². The summed E-state index contributed by atoms with van der Waals surface area (Å²) in [5.74, 6) is 0.756. The number of allylic oxidation sites excluding steroid dienone is 2. The molecule has 0 aliphatic carbocycles. The normalized spacial score (nSPS) is 11.8. The largest absolute Gasteiger partial charge is 0.495 e. The van der Waals surface area contributed by atoms with Crippen LogP contribution in [0.4, 0.5) is 5.69 Å². The molecule has 0 aliphatic rings. The zero-order valence-corrected chi connectivity index (χ0v) is 10.8. The van der Waals surface area contributed by atoms with Gasteiger partial charge < -0.3 is 15.8 Å². The van der Waals surface area contributed by atoms with Crippen molar-refractivity contribution in [3.05, 3.63) is 47.8 Å². The Kier molecular flexibility index (Phi) is 5.88. The van der Waals surface area contributed by atoms with Crippen LogP contribution in [-0.4, -0.2) is 26.7 Å². The number of benzene rings is 1. The summed E-state index contributed by atoms with van der Waals surface area (Å²) in [7, 11) is 1.61. The molecule has 0 aromatic heterocycles. The second-order valence-electron chi connectivity index (χ2n) is 3.63. The Bertz CT molecular complexity index is 497. The van der Waals surface area contributed by atoms with Gasteiger partial charge in [-0.1, -0.05) is 12.1 Å². The van der Waals surface area contributed by atoms with Crippen molar-refractivity contribution in [2.24, 2.45) is 10.7 Å². The second-order valence-corrected chi connectivity index (χ2v) is 3.63. The van der Waals surface area contributed by atoms with Gasteiger partial charge in [-0.15, -0.1) is 0 Å². The zero-order valence-electron chi connectivity index (χ0n) is 10.8. The maximum absolute atomic E-state index is 10.5. The molecule has 0 aliphatic heterocycles. The number of aldehydes is 1. The zero-order chi connectivity index (χ0) is 14.1. The Morgan fingerprint density at radius 1 is 1.53 bits per heavy atom. The summed E-state index contributed by atoms with van der Waals surface area (Å²) in [4.78, 5) is 14.1. The molecule has 1 rings (SSSR count). The van der Waals surface area contributed by atoms with E-state index in [1.165, 1.54) is 6.08 Å². The number of anilines is 1. The van der Waals surface area contributed by atoms with Gasteiger partial charge in [0.25, 0.3) is 0 Å². The number of para-hydroxylation sites is 2. The van der Waals surface area contributed by atoms with Crippen LogP contribution in [0.1, 0.15) is 0 Å². The molecule has 1 aromatic rings. The summed E-state index contributed by atoms with van der Waals surface area (Å²) in [5.41, 5.74) is 7.24. The van der Waals surface area contributed by atoms with E-state index in [9.17, 15) is 4.79 Å². The van der Waals surface area contributed by atoms with Gasteiger partial charge in [0.2, 0.25) is 0 Å². The van der Waals surface area contributed by atoms with Crippen LogP contribution >= 0.6 is 0 Å². The molecule has 0 heterocycles. The number of carbonyl (C=O) groups excluding carboxylic acids is 1. The average Bonchev–Trinajstić information content (AvgIpc) is 2.45. The molecule has 0 atom stereocenters. The molecular weight excluding hydrogens is 242 g/mol.